The molecule has 4 atom stereocenters. The molecule has 0 saturated heterocycles. The molecule has 0 aromatic carbocycles. The average Bonchev–Trinajstić information content (AvgIpc) is 2.34. The van der Waals surface area contributed by atoms with Gasteiger partial charge in [0.2, 0.25) is 0 Å². The Morgan fingerprint density at radius 2 is 2.11 bits per heavy atom. The first-order valence-electron chi connectivity index (χ1n) is 7.55. The molecule has 2 bridgehead atoms. The standard InChI is InChI=1S/C16H27NO2/c1-16(2)11-9-13(16)12(14(17)10-11)7-5-3-4-6-8-15(18)19/h3,5,11-14H,4,6-10,17H2,1-2H3,(H,18,19)/b5-3+/t11-,12+,13+,14-/m1/s1. The first-order valence-corrected chi connectivity index (χ1v) is 7.55. The summed E-state index contributed by atoms with van der Waals surface area (Å²) in [6.07, 6.45) is 9.83. The fourth-order valence-electron chi connectivity index (χ4n) is 4.07. The van der Waals surface area contributed by atoms with Crippen molar-refractivity contribution in [3.63, 3.8) is 0 Å². The van der Waals surface area contributed by atoms with Gasteiger partial charge < -0.3 is 10.8 Å². The van der Waals surface area contributed by atoms with Crippen LogP contribution in [0.1, 0.15) is 52.4 Å². The highest BCUT2D eigenvalue weighted by Crippen LogP contribution is 2.61. The van der Waals surface area contributed by atoms with Gasteiger partial charge in [0.15, 0.2) is 0 Å². The molecule has 19 heavy (non-hydrogen) atoms. The SMILES string of the molecule is CC1(C)[C@H]2C[C@@H](N)[C@@H](C/C=C/CCCC(=O)O)[C@@H]1C2. The van der Waals surface area contributed by atoms with Gasteiger partial charge in [0.25, 0.3) is 0 Å². The van der Waals surface area contributed by atoms with Gasteiger partial charge in [-0.25, -0.2) is 0 Å². The summed E-state index contributed by atoms with van der Waals surface area (Å²) in [7, 11) is 0. The summed E-state index contributed by atoms with van der Waals surface area (Å²) in [4.78, 5) is 10.4. The molecule has 3 N–H and O–H groups in total. The van der Waals surface area contributed by atoms with Gasteiger partial charge in [-0.3, -0.25) is 4.79 Å². The van der Waals surface area contributed by atoms with Crippen LogP contribution in [0.25, 0.3) is 0 Å². The van der Waals surface area contributed by atoms with Crippen molar-refractivity contribution >= 4 is 5.97 Å². The number of nitrogens with two attached hydrogens (primary N) is 1. The number of unbranched alkanes of at least 4 members (excludes halogenated alkanes) is 1. The van der Waals surface area contributed by atoms with Crippen LogP contribution >= 0.6 is 0 Å². The van der Waals surface area contributed by atoms with E-state index in [1.807, 2.05) is 0 Å². The van der Waals surface area contributed by atoms with Crippen molar-refractivity contribution in [2.24, 2.45) is 28.9 Å². The minimum absolute atomic E-state index is 0.268. The largest absolute Gasteiger partial charge is 0.481 e. The predicted molar refractivity (Wildman–Crippen MR) is 76.7 cm³/mol. The van der Waals surface area contributed by atoms with Gasteiger partial charge in [0, 0.05) is 12.5 Å². The molecule has 3 rings (SSSR count). The lowest BCUT2D eigenvalue weighted by Gasteiger charge is -2.62. The molecule has 0 spiro atoms. The van der Waals surface area contributed by atoms with Crippen molar-refractivity contribution < 1.29 is 9.90 Å². The Kier molecular flexibility index (Phi) is 4.34. The molecular weight excluding hydrogens is 238 g/mol. The van der Waals surface area contributed by atoms with Crippen LogP contribution in [0.4, 0.5) is 0 Å². The lowest BCUT2D eigenvalue weighted by Crippen LogP contribution is -2.59. The van der Waals surface area contributed by atoms with E-state index in [1.54, 1.807) is 0 Å². The molecule has 0 aromatic rings. The van der Waals surface area contributed by atoms with Gasteiger partial charge >= 0.3 is 5.97 Å². The lowest BCUT2D eigenvalue weighted by atomic mass is 9.44. The maximum atomic E-state index is 10.4. The quantitative estimate of drug-likeness (QED) is 0.572. The summed E-state index contributed by atoms with van der Waals surface area (Å²) in [5.41, 5.74) is 6.77. The fraction of sp³-hybridized carbons (Fsp3) is 0.812. The summed E-state index contributed by atoms with van der Waals surface area (Å²) >= 11 is 0. The van der Waals surface area contributed by atoms with E-state index in [1.165, 1.54) is 12.8 Å². The topological polar surface area (TPSA) is 63.3 Å². The third-order valence-electron chi connectivity index (χ3n) is 5.51. The van der Waals surface area contributed by atoms with E-state index in [0.717, 1.165) is 31.1 Å². The van der Waals surface area contributed by atoms with E-state index in [9.17, 15) is 4.79 Å². The van der Waals surface area contributed by atoms with Crippen LogP contribution in [0.2, 0.25) is 0 Å². The Bertz CT molecular complexity index is 362. The monoisotopic (exact) mass is 265 g/mol. The van der Waals surface area contributed by atoms with E-state index in [-0.39, 0.29) is 6.42 Å². The van der Waals surface area contributed by atoms with Crippen LogP contribution < -0.4 is 5.73 Å². The third kappa shape index (κ3) is 3.02. The number of fused-ring (bicyclic) bond motifs is 2. The molecule has 3 aliphatic rings. The highest BCUT2D eigenvalue weighted by Gasteiger charge is 2.56. The summed E-state index contributed by atoms with van der Waals surface area (Å²) in [5.74, 6) is 1.54. The van der Waals surface area contributed by atoms with E-state index in [2.05, 4.69) is 26.0 Å². The first kappa shape index (κ1) is 14.6. The number of carbonyl (C=O) groups is 1. The maximum Gasteiger partial charge on any atom is 0.303 e. The first-order chi connectivity index (χ1) is 8.93. The second-order valence-electron chi connectivity index (χ2n) is 6.92. The van der Waals surface area contributed by atoms with Crippen LogP contribution in [0.15, 0.2) is 12.2 Å². The molecule has 0 aromatic heterocycles. The molecule has 0 radical (unpaired) electrons. The molecule has 3 fully saturated rings. The zero-order valence-corrected chi connectivity index (χ0v) is 12.1. The Hall–Kier alpha value is -0.830. The number of hydrogen-bond donors (Lipinski definition) is 2. The normalized spacial score (nSPS) is 36.2. The predicted octanol–water partition coefficient (Wildman–Crippen LogP) is 3.20. The van der Waals surface area contributed by atoms with Crippen LogP contribution in [0, 0.1) is 23.2 Å². The molecule has 0 heterocycles. The Morgan fingerprint density at radius 3 is 2.74 bits per heavy atom. The third-order valence-corrected chi connectivity index (χ3v) is 5.51. The summed E-state index contributed by atoms with van der Waals surface area (Å²) in [6.45, 7) is 4.78. The fourth-order valence-corrected chi connectivity index (χ4v) is 4.07. The molecule has 3 saturated carbocycles. The zero-order chi connectivity index (χ0) is 14.0. The molecule has 0 unspecified atom stereocenters. The Labute approximate surface area is 116 Å². The number of carboxylic acids is 1. The number of rotatable bonds is 6. The van der Waals surface area contributed by atoms with Crippen molar-refractivity contribution in [2.45, 2.75) is 58.4 Å². The second kappa shape index (κ2) is 5.66. The van der Waals surface area contributed by atoms with Gasteiger partial charge in [-0.2, -0.15) is 0 Å². The van der Waals surface area contributed by atoms with E-state index in [0.29, 0.717) is 17.4 Å². The van der Waals surface area contributed by atoms with Gasteiger partial charge in [-0.05, 0) is 55.3 Å². The van der Waals surface area contributed by atoms with Gasteiger partial charge in [0.1, 0.15) is 0 Å². The molecule has 3 heteroatoms. The molecule has 3 nitrogen and oxygen atoms in total. The zero-order valence-electron chi connectivity index (χ0n) is 12.1. The minimum Gasteiger partial charge on any atom is -0.481 e. The van der Waals surface area contributed by atoms with Crippen molar-refractivity contribution in [1.82, 2.24) is 0 Å². The Morgan fingerprint density at radius 1 is 1.37 bits per heavy atom. The molecule has 0 amide bonds. The van der Waals surface area contributed by atoms with Gasteiger partial charge in [-0.15, -0.1) is 0 Å². The number of allylic oxidation sites excluding steroid dienone is 2. The van der Waals surface area contributed by atoms with Crippen LogP contribution in [-0.4, -0.2) is 17.1 Å². The average molecular weight is 265 g/mol. The number of carboxylic acid groups (broad SMARTS) is 1. The molecule has 0 aliphatic heterocycles. The van der Waals surface area contributed by atoms with E-state index >= 15 is 0 Å². The molecule has 3 aliphatic carbocycles. The highest BCUT2D eigenvalue weighted by molar-refractivity contribution is 5.66. The smallest absolute Gasteiger partial charge is 0.303 e. The summed E-state index contributed by atoms with van der Waals surface area (Å²) < 4.78 is 0. The Balaban J connectivity index is 1.75. The van der Waals surface area contributed by atoms with Crippen molar-refractivity contribution in [1.29, 1.82) is 0 Å². The van der Waals surface area contributed by atoms with Gasteiger partial charge in [0.05, 0.1) is 0 Å². The summed E-state index contributed by atoms with van der Waals surface area (Å²) in [6, 6.07) is 0.362. The van der Waals surface area contributed by atoms with Crippen LogP contribution in [0.5, 0.6) is 0 Å². The maximum absolute atomic E-state index is 10.4. The van der Waals surface area contributed by atoms with E-state index in [4.69, 9.17) is 10.8 Å². The molecule has 108 valence electrons. The summed E-state index contributed by atoms with van der Waals surface area (Å²) in [5, 5.41) is 8.57. The van der Waals surface area contributed by atoms with Crippen molar-refractivity contribution in [3.05, 3.63) is 12.2 Å². The number of aliphatic carboxylic acids is 1. The minimum atomic E-state index is -0.704. The highest BCUT2D eigenvalue weighted by atomic mass is 16.4. The number of hydrogen-bond acceptors (Lipinski definition) is 2. The van der Waals surface area contributed by atoms with E-state index < -0.39 is 5.97 Å². The van der Waals surface area contributed by atoms with Crippen LogP contribution in [0.3, 0.4) is 0 Å². The van der Waals surface area contributed by atoms with Gasteiger partial charge in [-0.1, -0.05) is 26.0 Å². The van der Waals surface area contributed by atoms with Crippen LogP contribution in [-0.2, 0) is 4.79 Å². The van der Waals surface area contributed by atoms with Crippen molar-refractivity contribution in [2.75, 3.05) is 0 Å². The molecular formula is C16H27NO2. The lowest BCUT2D eigenvalue weighted by molar-refractivity contribution is -0.137. The second-order valence-corrected chi connectivity index (χ2v) is 6.92. The van der Waals surface area contributed by atoms with Crippen molar-refractivity contribution in [3.8, 4) is 0 Å².